The van der Waals surface area contributed by atoms with Crippen molar-refractivity contribution in [3.05, 3.63) is 12.2 Å². The van der Waals surface area contributed by atoms with Gasteiger partial charge in [-0.1, -0.05) is 83.3 Å². The Morgan fingerprint density at radius 3 is 1.90 bits per heavy atom. The van der Waals surface area contributed by atoms with E-state index in [-0.39, 0.29) is 13.2 Å². The number of hydrogen-bond acceptors (Lipinski definition) is 5. The zero-order chi connectivity index (χ0) is 21.9. The summed E-state index contributed by atoms with van der Waals surface area (Å²) < 4.78 is 10.7. The largest absolute Gasteiger partial charge is 0.388 e. The molecule has 0 aliphatic carbocycles. The van der Waals surface area contributed by atoms with Gasteiger partial charge in [-0.25, -0.2) is 0 Å². The van der Waals surface area contributed by atoms with Crippen LogP contribution < -0.4 is 0 Å². The van der Waals surface area contributed by atoms with E-state index in [1.54, 1.807) is 0 Å². The van der Waals surface area contributed by atoms with Crippen LogP contribution in [0.1, 0.15) is 103 Å². The third-order valence-electron chi connectivity index (χ3n) is 5.91. The number of hydrogen-bond donors (Lipinski definition) is 3. The minimum Gasteiger partial charge on any atom is -0.388 e. The first kappa shape index (κ1) is 27.6. The molecule has 0 aromatic rings. The summed E-state index contributed by atoms with van der Waals surface area (Å²) in [5.74, 6) is 0. The lowest BCUT2D eigenvalue weighted by atomic mass is 10.1. The number of unbranched alkanes of at least 4 members (excludes halogenated alkanes) is 13. The van der Waals surface area contributed by atoms with Crippen molar-refractivity contribution in [1.82, 2.24) is 0 Å². The maximum atomic E-state index is 9.96. The van der Waals surface area contributed by atoms with E-state index in [1.165, 1.54) is 83.5 Å². The van der Waals surface area contributed by atoms with Gasteiger partial charge in [-0.2, -0.15) is 0 Å². The molecule has 0 aromatic heterocycles. The first-order valence-corrected chi connectivity index (χ1v) is 12.5. The van der Waals surface area contributed by atoms with E-state index in [0.29, 0.717) is 6.61 Å². The predicted molar refractivity (Wildman–Crippen MR) is 123 cm³/mol. The molecule has 1 heterocycles. The lowest BCUT2D eigenvalue weighted by molar-refractivity contribution is -0.0813. The van der Waals surface area contributed by atoms with Crippen molar-refractivity contribution in [3.8, 4) is 0 Å². The Labute approximate surface area is 184 Å². The average molecular weight is 429 g/mol. The van der Waals surface area contributed by atoms with E-state index in [2.05, 4.69) is 19.1 Å². The van der Waals surface area contributed by atoms with Gasteiger partial charge < -0.3 is 24.8 Å². The van der Waals surface area contributed by atoms with E-state index < -0.39 is 24.4 Å². The standard InChI is InChI=1S/C25H48O5/c1-2-3-4-5-6-7-8-9-10-11-12-13-14-15-16-17-18-19-29-20-23(27)25-24(28)22(26)21-30-25/h7-8,22-28H,2-6,9-21H2,1H3/b8-7+/t22-,23+,24-,25-/m0/s1. The van der Waals surface area contributed by atoms with Gasteiger partial charge in [0.15, 0.2) is 0 Å². The molecule has 178 valence electrons. The van der Waals surface area contributed by atoms with Crippen LogP contribution in [0.3, 0.4) is 0 Å². The molecule has 0 unspecified atom stereocenters. The summed E-state index contributed by atoms with van der Waals surface area (Å²) in [5.41, 5.74) is 0. The predicted octanol–water partition coefficient (Wildman–Crippen LogP) is 4.91. The second-order valence-corrected chi connectivity index (χ2v) is 8.79. The minimum atomic E-state index is -1.03. The minimum absolute atomic E-state index is 0.0686. The summed E-state index contributed by atoms with van der Waals surface area (Å²) in [5, 5.41) is 29.1. The Balaban J connectivity index is 1.76. The average Bonchev–Trinajstić information content (AvgIpc) is 3.08. The Morgan fingerprint density at radius 1 is 0.833 bits per heavy atom. The molecule has 0 saturated carbocycles. The fourth-order valence-corrected chi connectivity index (χ4v) is 3.89. The van der Waals surface area contributed by atoms with Crippen LogP contribution in [0.25, 0.3) is 0 Å². The van der Waals surface area contributed by atoms with E-state index in [0.717, 1.165) is 12.8 Å². The maximum Gasteiger partial charge on any atom is 0.114 e. The van der Waals surface area contributed by atoms with Crippen LogP contribution in [0.2, 0.25) is 0 Å². The third kappa shape index (κ3) is 13.8. The highest BCUT2D eigenvalue weighted by Crippen LogP contribution is 2.18. The molecule has 0 spiro atoms. The molecule has 1 aliphatic rings. The molecule has 5 nitrogen and oxygen atoms in total. The highest BCUT2D eigenvalue weighted by molar-refractivity contribution is 4.87. The molecule has 3 N–H and O–H groups in total. The van der Waals surface area contributed by atoms with Gasteiger partial charge >= 0.3 is 0 Å². The summed E-state index contributed by atoms with van der Waals surface area (Å²) in [7, 11) is 0. The lowest BCUT2D eigenvalue weighted by Gasteiger charge is -2.20. The van der Waals surface area contributed by atoms with Crippen molar-refractivity contribution < 1.29 is 24.8 Å². The highest BCUT2D eigenvalue weighted by Gasteiger charge is 2.39. The van der Waals surface area contributed by atoms with Crippen LogP contribution in [0.15, 0.2) is 12.2 Å². The van der Waals surface area contributed by atoms with Gasteiger partial charge in [0.2, 0.25) is 0 Å². The molecule has 0 amide bonds. The van der Waals surface area contributed by atoms with E-state index in [4.69, 9.17) is 9.47 Å². The van der Waals surface area contributed by atoms with Crippen LogP contribution in [-0.4, -0.2) is 59.6 Å². The van der Waals surface area contributed by atoms with Gasteiger partial charge in [-0.3, -0.25) is 0 Å². The summed E-state index contributed by atoms with van der Waals surface area (Å²) in [4.78, 5) is 0. The molecule has 1 rings (SSSR count). The zero-order valence-electron chi connectivity index (χ0n) is 19.4. The van der Waals surface area contributed by atoms with Crippen molar-refractivity contribution in [1.29, 1.82) is 0 Å². The van der Waals surface area contributed by atoms with E-state index in [1.807, 2.05) is 0 Å². The van der Waals surface area contributed by atoms with E-state index >= 15 is 0 Å². The van der Waals surface area contributed by atoms with Gasteiger partial charge in [0.05, 0.1) is 13.2 Å². The summed E-state index contributed by atoms with van der Waals surface area (Å²) in [6, 6.07) is 0. The Bertz CT molecular complexity index is 401. The first-order chi connectivity index (χ1) is 14.7. The molecular formula is C25H48O5. The normalized spacial score (nSPS) is 22.9. The molecule has 30 heavy (non-hydrogen) atoms. The van der Waals surface area contributed by atoms with Gasteiger partial charge in [-0.15, -0.1) is 0 Å². The smallest absolute Gasteiger partial charge is 0.114 e. The second kappa shape index (κ2) is 19.2. The van der Waals surface area contributed by atoms with Crippen LogP contribution in [0.4, 0.5) is 0 Å². The number of allylic oxidation sites excluding steroid dienone is 2. The van der Waals surface area contributed by atoms with Crippen molar-refractivity contribution >= 4 is 0 Å². The van der Waals surface area contributed by atoms with Gasteiger partial charge in [-0.05, 0) is 32.1 Å². The van der Waals surface area contributed by atoms with Crippen molar-refractivity contribution in [2.45, 2.75) is 128 Å². The summed E-state index contributed by atoms with van der Waals surface area (Å²) >= 11 is 0. The molecule has 4 atom stereocenters. The van der Waals surface area contributed by atoms with Gasteiger partial charge in [0, 0.05) is 6.61 Å². The van der Waals surface area contributed by atoms with Crippen LogP contribution in [0, 0.1) is 0 Å². The van der Waals surface area contributed by atoms with Crippen LogP contribution in [-0.2, 0) is 9.47 Å². The fraction of sp³-hybridized carbons (Fsp3) is 0.920. The lowest BCUT2D eigenvalue weighted by Crippen LogP contribution is -2.40. The van der Waals surface area contributed by atoms with Gasteiger partial charge in [0.25, 0.3) is 0 Å². The Kier molecular flexibility index (Phi) is 17.7. The Hall–Kier alpha value is -0.460. The SMILES string of the molecule is CCCCCC/C=C/CCCCCCCCCCCOC[C@@H](O)[C@@H]1OC[C@H](O)[C@@H]1O. The fourth-order valence-electron chi connectivity index (χ4n) is 3.89. The maximum absolute atomic E-state index is 9.96. The molecule has 1 fully saturated rings. The number of rotatable bonds is 20. The van der Waals surface area contributed by atoms with Crippen molar-refractivity contribution in [2.75, 3.05) is 19.8 Å². The summed E-state index contributed by atoms with van der Waals surface area (Å²) in [6.07, 6.45) is 20.5. The summed E-state index contributed by atoms with van der Waals surface area (Å²) in [6.45, 7) is 3.09. The third-order valence-corrected chi connectivity index (χ3v) is 5.91. The monoisotopic (exact) mass is 428 g/mol. The quantitative estimate of drug-likeness (QED) is 0.190. The Morgan fingerprint density at radius 2 is 1.37 bits per heavy atom. The van der Waals surface area contributed by atoms with Crippen molar-refractivity contribution in [3.63, 3.8) is 0 Å². The molecule has 0 bridgehead atoms. The van der Waals surface area contributed by atoms with Gasteiger partial charge in [0.1, 0.15) is 24.4 Å². The van der Waals surface area contributed by atoms with Crippen LogP contribution in [0.5, 0.6) is 0 Å². The molecule has 1 aliphatic heterocycles. The number of aliphatic hydroxyl groups is 3. The zero-order valence-corrected chi connectivity index (χ0v) is 19.4. The number of aliphatic hydroxyl groups excluding tert-OH is 3. The van der Waals surface area contributed by atoms with Crippen LogP contribution >= 0.6 is 0 Å². The molecule has 0 radical (unpaired) electrons. The topological polar surface area (TPSA) is 79.2 Å². The molecule has 5 heteroatoms. The molecule has 0 aromatic carbocycles. The van der Waals surface area contributed by atoms with Crippen molar-refractivity contribution in [2.24, 2.45) is 0 Å². The molecule has 1 saturated heterocycles. The number of ether oxygens (including phenoxy) is 2. The first-order valence-electron chi connectivity index (χ1n) is 12.5. The van der Waals surface area contributed by atoms with E-state index in [9.17, 15) is 15.3 Å². The second-order valence-electron chi connectivity index (χ2n) is 8.79. The molecular weight excluding hydrogens is 380 g/mol. The highest BCUT2D eigenvalue weighted by atomic mass is 16.5.